The molecule has 36 heavy (non-hydrogen) atoms. The van der Waals surface area contributed by atoms with Gasteiger partial charge in [-0.25, -0.2) is 9.48 Å². The van der Waals surface area contributed by atoms with Crippen molar-refractivity contribution in [2.75, 3.05) is 10.6 Å². The minimum Gasteiger partial charge on any atom is -0.453 e. The SMILES string of the molecule is CC(C)(C)c1cc(NC(=O)Nc2cccc(Oc3ccnc4c3OC(=O)C4)c2)n(-c2ccccc2)n1. The fraction of sp³-hybridized carbons (Fsp3) is 0.185. The van der Waals surface area contributed by atoms with Crippen LogP contribution < -0.4 is 20.1 Å². The largest absolute Gasteiger partial charge is 0.453 e. The van der Waals surface area contributed by atoms with Crippen LogP contribution in [0.5, 0.6) is 17.2 Å². The van der Waals surface area contributed by atoms with Gasteiger partial charge in [-0.15, -0.1) is 0 Å². The van der Waals surface area contributed by atoms with Crippen molar-refractivity contribution in [3.8, 4) is 22.9 Å². The van der Waals surface area contributed by atoms with Crippen LogP contribution >= 0.6 is 0 Å². The molecule has 0 saturated heterocycles. The highest BCUT2D eigenvalue weighted by atomic mass is 16.6. The molecule has 2 aromatic heterocycles. The minimum absolute atomic E-state index is 0.116. The molecular formula is C27H25N5O4. The van der Waals surface area contributed by atoms with E-state index in [0.29, 0.717) is 34.4 Å². The highest BCUT2D eigenvalue weighted by Gasteiger charge is 2.26. The number of amides is 2. The number of nitrogens with zero attached hydrogens (tertiary/aromatic N) is 3. The van der Waals surface area contributed by atoms with Crippen LogP contribution in [0.25, 0.3) is 5.69 Å². The Morgan fingerprint density at radius 1 is 1.03 bits per heavy atom. The quantitative estimate of drug-likeness (QED) is 0.365. The van der Waals surface area contributed by atoms with Gasteiger partial charge in [-0.1, -0.05) is 45.0 Å². The lowest BCUT2D eigenvalue weighted by atomic mass is 9.92. The maximum absolute atomic E-state index is 12.9. The average molecular weight is 484 g/mol. The number of fused-ring (bicyclic) bond motifs is 1. The van der Waals surface area contributed by atoms with Crippen LogP contribution in [0, 0.1) is 0 Å². The summed E-state index contributed by atoms with van der Waals surface area (Å²) in [5.41, 5.74) is 2.55. The zero-order valence-corrected chi connectivity index (χ0v) is 20.1. The Bertz CT molecular complexity index is 1440. The number of para-hydroxylation sites is 1. The third-order valence-electron chi connectivity index (χ3n) is 5.51. The normalized spacial score (nSPS) is 12.6. The first-order valence-electron chi connectivity index (χ1n) is 11.5. The number of hydrogen-bond donors (Lipinski definition) is 2. The molecular weight excluding hydrogens is 458 g/mol. The number of aromatic nitrogens is 3. The van der Waals surface area contributed by atoms with Crippen molar-refractivity contribution in [3.05, 3.63) is 84.3 Å². The molecule has 0 bridgehead atoms. The van der Waals surface area contributed by atoms with E-state index in [0.717, 1.165) is 11.4 Å². The number of carbonyl (C=O) groups excluding carboxylic acids is 2. The standard InChI is InChI=1S/C27H25N5O4/c1-27(2,3)22-16-23(32(31-22)18-9-5-4-6-10-18)30-26(34)29-17-8-7-11-19(14-17)35-21-12-13-28-20-15-24(33)36-25(20)21/h4-14,16H,15H2,1-3H3,(H2,29,30,34). The van der Waals surface area contributed by atoms with Crippen molar-refractivity contribution < 1.29 is 19.1 Å². The molecule has 1 aliphatic rings. The summed E-state index contributed by atoms with van der Waals surface area (Å²) in [6.45, 7) is 6.21. The second-order valence-corrected chi connectivity index (χ2v) is 9.36. The number of ether oxygens (including phenoxy) is 2. The Morgan fingerprint density at radius 3 is 2.61 bits per heavy atom. The second-order valence-electron chi connectivity index (χ2n) is 9.36. The predicted molar refractivity (Wildman–Crippen MR) is 135 cm³/mol. The Kier molecular flexibility index (Phi) is 5.89. The number of rotatable bonds is 5. The summed E-state index contributed by atoms with van der Waals surface area (Å²) in [4.78, 5) is 28.7. The molecule has 1 aliphatic heterocycles. The van der Waals surface area contributed by atoms with Gasteiger partial charge in [0.25, 0.3) is 0 Å². The van der Waals surface area contributed by atoms with Gasteiger partial charge >= 0.3 is 12.0 Å². The number of pyridine rings is 1. The van der Waals surface area contributed by atoms with E-state index < -0.39 is 6.03 Å². The van der Waals surface area contributed by atoms with E-state index in [1.807, 2.05) is 36.4 Å². The molecule has 0 unspecified atom stereocenters. The molecule has 2 amide bonds. The molecule has 5 rings (SSSR count). The number of hydrogen-bond acceptors (Lipinski definition) is 6. The Labute approximate surface area is 208 Å². The molecule has 9 heteroatoms. The van der Waals surface area contributed by atoms with Gasteiger partial charge in [-0.05, 0) is 24.3 Å². The number of carbonyl (C=O) groups is 2. The summed E-state index contributed by atoms with van der Waals surface area (Å²) in [5, 5.41) is 10.5. The molecule has 182 valence electrons. The summed E-state index contributed by atoms with van der Waals surface area (Å²) < 4.78 is 12.9. The first-order valence-corrected chi connectivity index (χ1v) is 11.5. The highest BCUT2D eigenvalue weighted by Crippen LogP contribution is 2.37. The maximum atomic E-state index is 12.9. The van der Waals surface area contributed by atoms with Crippen molar-refractivity contribution in [1.29, 1.82) is 0 Å². The van der Waals surface area contributed by atoms with Crippen molar-refractivity contribution >= 4 is 23.5 Å². The molecule has 4 aromatic rings. The van der Waals surface area contributed by atoms with Crippen molar-refractivity contribution in [2.45, 2.75) is 32.6 Å². The fourth-order valence-electron chi connectivity index (χ4n) is 3.72. The van der Waals surface area contributed by atoms with Crippen molar-refractivity contribution in [2.24, 2.45) is 0 Å². The first kappa shape index (κ1) is 23.1. The lowest BCUT2D eigenvalue weighted by Crippen LogP contribution is -2.21. The van der Waals surface area contributed by atoms with Crippen LogP contribution in [0.15, 0.2) is 72.9 Å². The summed E-state index contributed by atoms with van der Waals surface area (Å²) >= 11 is 0. The van der Waals surface area contributed by atoms with Gasteiger partial charge in [0.2, 0.25) is 0 Å². The summed E-state index contributed by atoms with van der Waals surface area (Å²) in [6, 6.07) is 19.6. The molecule has 0 aliphatic carbocycles. The average Bonchev–Trinajstić information content (AvgIpc) is 3.43. The van der Waals surface area contributed by atoms with Crippen molar-refractivity contribution in [1.82, 2.24) is 14.8 Å². The summed E-state index contributed by atoms with van der Waals surface area (Å²) in [5.74, 6) is 1.35. The van der Waals surface area contributed by atoms with Crippen LogP contribution in [0.4, 0.5) is 16.3 Å². The smallest absolute Gasteiger partial charge is 0.324 e. The molecule has 0 atom stereocenters. The highest BCUT2D eigenvalue weighted by molar-refractivity contribution is 5.99. The monoisotopic (exact) mass is 483 g/mol. The molecule has 9 nitrogen and oxygen atoms in total. The van der Waals surface area contributed by atoms with Gasteiger partial charge in [-0.3, -0.25) is 15.1 Å². The summed E-state index contributed by atoms with van der Waals surface area (Å²) in [7, 11) is 0. The number of anilines is 2. The van der Waals surface area contributed by atoms with Crippen molar-refractivity contribution in [3.63, 3.8) is 0 Å². The van der Waals surface area contributed by atoms with E-state index in [1.165, 1.54) is 0 Å². The molecule has 2 aromatic carbocycles. The van der Waals surface area contributed by atoms with Gasteiger partial charge < -0.3 is 14.8 Å². The van der Waals surface area contributed by atoms with Crippen LogP contribution in [-0.4, -0.2) is 26.8 Å². The van der Waals surface area contributed by atoms with Gasteiger partial charge in [0.05, 0.1) is 23.5 Å². The fourth-order valence-corrected chi connectivity index (χ4v) is 3.72. The third-order valence-corrected chi connectivity index (χ3v) is 5.51. The predicted octanol–water partition coefficient (Wildman–Crippen LogP) is 5.46. The lowest BCUT2D eigenvalue weighted by molar-refractivity contribution is -0.131. The maximum Gasteiger partial charge on any atom is 0.324 e. The lowest BCUT2D eigenvalue weighted by Gasteiger charge is -2.14. The van der Waals surface area contributed by atoms with E-state index in [-0.39, 0.29) is 17.8 Å². The number of esters is 1. The number of urea groups is 1. The Balaban J connectivity index is 1.33. The molecule has 0 fully saturated rings. The van der Waals surface area contributed by atoms with Gasteiger partial charge in [0, 0.05) is 35.5 Å². The van der Waals surface area contributed by atoms with Crippen LogP contribution in [0.2, 0.25) is 0 Å². The van der Waals surface area contributed by atoms with Gasteiger partial charge in [0.15, 0.2) is 11.5 Å². The molecule has 2 N–H and O–H groups in total. The van der Waals surface area contributed by atoms with E-state index in [2.05, 4.69) is 36.4 Å². The third kappa shape index (κ3) is 4.90. The Morgan fingerprint density at radius 2 is 1.83 bits per heavy atom. The first-order chi connectivity index (χ1) is 17.3. The van der Waals surface area contributed by atoms with Gasteiger partial charge in [-0.2, -0.15) is 5.10 Å². The molecule has 0 spiro atoms. The zero-order chi connectivity index (χ0) is 25.3. The van der Waals surface area contributed by atoms with E-state index >= 15 is 0 Å². The molecule has 0 saturated carbocycles. The minimum atomic E-state index is -0.427. The van der Waals surface area contributed by atoms with E-state index in [9.17, 15) is 9.59 Å². The van der Waals surface area contributed by atoms with Gasteiger partial charge in [0.1, 0.15) is 11.6 Å². The molecule has 0 radical (unpaired) electrons. The topological polar surface area (TPSA) is 107 Å². The van der Waals surface area contributed by atoms with Crippen LogP contribution in [0.1, 0.15) is 32.2 Å². The van der Waals surface area contributed by atoms with Crippen LogP contribution in [-0.2, 0) is 16.6 Å². The molecule has 3 heterocycles. The van der Waals surface area contributed by atoms with E-state index in [4.69, 9.17) is 14.6 Å². The zero-order valence-electron chi connectivity index (χ0n) is 20.1. The van der Waals surface area contributed by atoms with Crippen LogP contribution in [0.3, 0.4) is 0 Å². The number of nitrogens with one attached hydrogen (secondary N) is 2. The Hall–Kier alpha value is -4.66. The summed E-state index contributed by atoms with van der Waals surface area (Å²) in [6.07, 6.45) is 1.68. The second kappa shape index (κ2) is 9.18. The van der Waals surface area contributed by atoms with E-state index in [1.54, 1.807) is 41.2 Å². The number of benzene rings is 2.